The highest BCUT2D eigenvalue weighted by Crippen LogP contribution is 2.28. The van der Waals surface area contributed by atoms with Crippen LogP contribution in [0.3, 0.4) is 0 Å². The maximum Gasteiger partial charge on any atom is 0.329 e. The van der Waals surface area contributed by atoms with Gasteiger partial charge >= 0.3 is 5.97 Å². The lowest BCUT2D eigenvalue weighted by atomic mass is 9.90. The summed E-state index contributed by atoms with van der Waals surface area (Å²) in [5.41, 5.74) is -0.246. The number of hydrogen-bond acceptors (Lipinski definition) is 2. The minimum atomic E-state index is -1.18. The van der Waals surface area contributed by atoms with Gasteiger partial charge in [-0.3, -0.25) is 4.79 Å². The van der Waals surface area contributed by atoms with Crippen LogP contribution in [-0.4, -0.2) is 34.0 Å². The van der Waals surface area contributed by atoms with E-state index in [1.54, 1.807) is 11.8 Å². The Morgan fingerprint density at radius 2 is 2.05 bits per heavy atom. The van der Waals surface area contributed by atoms with Gasteiger partial charge in [-0.15, -0.1) is 0 Å². The zero-order valence-corrected chi connectivity index (χ0v) is 12.7. The average Bonchev–Trinajstić information content (AvgIpc) is 2.61. The monoisotopic (exact) mass is 289 g/mol. The van der Waals surface area contributed by atoms with E-state index in [0.717, 1.165) is 18.4 Å². The zero-order valence-electron chi connectivity index (χ0n) is 12.7. The molecular weight excluding hydrogens is 266 g/mol. The van der Waals surface area contributed by atoms with Gasteiger partial charge in [0, 0.05) is 19.4 Å². The van der Waals surface area contributed by atoms with E-state index in [2.05, 4.69) is 6.92 Å². The molecule has 1 N–H and O–H groups in total. The second-order valence-corrected chi connectivity index (χ2v) is 6.24. The number of likely N-dealkylation sites (tertiary alicyclic amines) is 1. The van der Waals surface area contributed by atoms with Gasteiger partial charge in [0.1, 0.15) is 5.54 Å². The number of hydrogen-bond donors (Lipinski definition) is 1. The predicted molar refractivity (Wildman–Crippen MR) is 80.9 cm³/mol. The van der Waals surface area contributed by atoms with Crippen molar-refractivity contribution in [2.45, 2.75) is 45.1 Å². The summed E-state index contributed by atoms with van der Waals surface area (Å²) < 4.78 is 0. The molecule has 114 valence electrons. The number of benzene rings is 1. The largest absolute Gasteiger partial charge is 0.479 e. The summed E-state index contributed by atoms with van der Waals surface area (Å²) in [6.45, 7) is 4.27. The molecule has 0 saturated carbocycles. The molecule has 0 aliphatic carbocycles. The topological polar surface area (TPSA) is 57.6 Å². The van der Waals surface area contributed by atoms with Crippen LogP contribution < -0.4 is 0 Å². The summed E-state index contributed by atoms with van der Waals surface area (Å²) in [4.78, 5) is 25.8. The van der Waals surface area contributed by atoms with Gasteiger partial charge in [0.25, 0.3) is 0 Å². The van der Waals surface area contributed by atoms with Crippen LogP contribution in [-0.2, 0) is 16.0 Å². The van der Waals surface area contributed by atoms with Crippen molar-refractivity contribution in [3.8, 4) is 0 Å². The van der Waals surface area contributed by atoms with Gasteiger partial charge in [-0.2, -0.15) is 0 Å². The highest BCUT2D eigenvalue weighted by molar-refractivity contribution is 5.87. The Hall–Kier alpha value is -1.84. The molecule has 0 aromatic heterocycles. The lowest BCUT2D eigenvalue weighted by molar-refractivity contribution is -0.158. The van der Waals surface area contributed by atoms with Crippen molar-refractivity contribution in [3.05, 3.63) is 35.9 Å². The van der Waals surface area contributed by atoms with Crippen LogP contribution in [0, 0.1) is 5.92 Å². The van der Waals surface area contributed by atoms with Crippen LogP contribution >= 0.6 is 0 Å². The highest BCUT2D eigenvalue weighted by atomic mass is 16.4. The number of aliphatic carboxylic acids is 1. The Bertz CT molecular complexity index is 514. The SMILES string of the molecule is C[C@@H]1CCCC(=O)N([C@](C)(Cc2ccccc2)C(=O)O)C1. The molecule has 0 unspecified atom stereocenters. The van der Waals surface area contributed by atoms with Crippen LogP contribution in [0.5, 0.6) is 0 Å². The minimum Gasteiger partial charge on any atom is -0.479 e. The van der Waals surface area contributed by atoms with Crippen molar-refractivity contribution in [1.82, 2.24) is 4.90 Å². The van der Waals surface area contributed by atoms with Gasteiger partial charge in [-0.05, 0) is 31.2 Å². The molecule has 0 bridgehead atoms. The van der Waals surface area contributed by atoms with E-state index in [0.29, 0.717) is 25.3 Å². The minimum absolute atomic E-state index is 0.0415. The van der Waals surface area contributed by atoms with Gasteiger partial charge in [0.15, 0.2) is 0 Å². The van der Waals surface area contributed by atoms with Crippen molar-refractivity contribution < 1.29 is 14.7 Å². The Kier molecular flexibility index (Phi) is 4.66. The predicted octanol–water partition coefficient (Wildman–Crippen LogP) is 2.72. The normalized spacial score (nSPS) is 22.5. The molecule has 4 nitrogen and oxygen atoms in total. The van der Waals surface area contributed by atoms with E-state index in [1.165, 1.54) is 0 Å². The molecule has 2 rings (SSSR count). The fraction of sp³-hybridized carbons (Fsp3) is 0.529. The number of rotatable bonds is 4. The van der Waals surface area contributed by atoms with Gasteiger partial charge in [0.05, 0.1) is 0 Å². The molecule has 1 aromatic rings. The molecule has 21 heavy (non-hydrogen) atoms. The van der Waals surface area contributed by atoms with Gasteiger partial charge in [0.2, 0.25) is 5.91 Å². The lowest BCUT2D eigenvalue weighted by Crippen LogP contribution is -2.57. The number of carboxylic acids is 1. The first kappa shape index (κ1) is 15.5. The number of carbonyl (C=O) groups excluding carboxylic acids is 1. The second kappa shape index (κ2) is 6.29. The summed E-state index contributed by atoms with van der Waals surface area (Å²) in [7, 11) is 0. The third-order valence-electron chi connectivity index (χ3n) is 4.33. The molecule has 2 atom stereocenters. The van der Waals surface area contributed by atoms with E-state index < -0.39 is 11.5 Å². The van der Waals surface area contributed by atoms with Gasteiger partial charge in [-0.25, -0.2) is 4.79 Å². The summed E-state index contributed by atoms with van der Waals surface area (Å²) in [5.74, 6) is -0.639. The van der Waals surface area contributed by atoms with E-state index in [4.69, 9.17) is 0 Å². The standard InChI is InChI=1S/C17H23NO3/c1-13-7-6-10-15(19)18(12-13)17(2,16(20)21)11-14-8-4-3-5-9-14/h3-5,8-9,13H,6-7,10-12H2,1-2H3,(H,20,21)/t13-,17-/m1/s1. The first-order valence-corrected chi connectivity index (χ1v) is 7.51. The average molecular weight is 289 g/mol. The van der Waals surface area contributed by atoms with Crippen LogP contribution in [0.15, 0.2) is 30.3 Å². The maximum atomic E-state index is 12.4. The first-order chi connectivity index (χ1) is 9.93. The Morgan fingerprint density at radius 3 is 2.67 bits per heavy atom. The number of carbonyl (C=O) groups is 2. The molecule has 0 radical (unpaired) electrons. The quantitative estimate of drug-likeness (QED) is 0.927. The van der Waals surface area contributed by atoms with Gasteiger partial charge in [-0.1, -0.05) is 37.3 Å². The van der Waals surface area contributed by atoms with Crippen molar-refractivity contribution >= 4 is 11.9 Å². The fourth-order valence-corrected chi connectivity index (χ4v) is 3.00. The van der Waals surface area contributed by atoms with Crippen LogP contribution in [0.1, 0.15) is 38.7 Å². The van der Waals surface area contributed by atoms with Crippen molar-refractivity contribution in [3.63, 3.8) is 0 Å². The zero-order chi connectivity index (χ0) is 15.5. The van der Waals surface area contributed by atoms with E-state index in [-0.39, 0.29) is 5.91 Å². The van der Waals surface area contributed by atoms with Crippen LogP contribution in [0.25, 0.3) is 0 Å². The first-order valence-electron chi connectivity index (χ1n) is 7.51. The molecule has 1 fully saturated rings. The van der Waals surface area contributed by atoms with Crippen molar-refractivity contribution in [2.75, 3.05) is 6.54 Å². The molecule has 1 aromatic carbocycles. The highest BCUT2D eigenvalue weighted by Gasteiger charge is 2.43. The Morgan fingerprint density at radius 1 is 1.38 bits per heavy atom. The van der Waals surface area contributed by atoms with E-state index in [1.807, 2.05) is 30.3 Å². The summed E-state index contributed by atoms with van der Waals surface area (Å²) in [6.07, 6.45) is 2.60. The molecule has 1 amide bonds. The molecule has 4 heteroatoms. The third-order valence-corrected chi connectivity index (χ3v) is 4.33. The number of nitrogens with zero attached hydrogens (tertiary/aromatic N) is 1. The molecule has 1 saturated heterocycles. The number of amides is 1. The van der Waals surface area contributed by atoms with E-state index in [9.17, 15) is 14.7 Å². The van der Waals surface area contributed by atoms with Crippen molar-refractivity contribution in [2.24, 2.45) is 5.92 Å². The lowest BCUT2D eigenvalue weighted by Gasteiger charge is -2.38. The number of carboxylic acid groups (broad SMARTS) is 1. The molecular formula is C17H23NO3. The Balaban J connectivity index is 2.31. The molecule has 1 aliphatic rings. The molecule has 1 aliphatic heterocycles. The maximum absolute atomic E-state index is 12.4. The van der Waals surface area contributed by atoms with Crippen LogP contribution in [0.4, 0.5) is 0 Å². The fourth-order valence-electron chi connectivity index (χ4n) is 3.00. The smallest absolute Gasteiger partial charge is 0.329 e. The summed E-state index contributed by atoms with van der Waals surface area (Å²) in [6, 6.07) is 9.51. The van der Waals surface area contributed by atoms with E-state index >= 15 is 0 Å². The summed E-state index contributed by atoms with van der Waals surface area (Å²) >= 11 is 0. The molecule has 0 spiro atoms. The second-order valence-electron chi connectivity index (χ2n) is 6.24. The van der Waals surface area contributed by atoms with Crippen LogP contribution in [0.2, 0.25) is 0 Å². The van der Waals surface area contributed by atoms with Crippen molar-refractivity contribution in [1.29, 1.82) is 0 Å². The Labute approximate surface area is 125 Å². The summed E-state index contributed by atoms with van der Waals surface area (Å²) in [5, 5.41) is 9.75. The third kappa shape index (κ3) is 3.43. The molecule has 1 heterocycles. The van der Waals surface area contributed by atoms with Gasteiger partial charge < -0.3 is 10.0 Å².